The average molecular weight is 172 g/mol. The molecule has 0 aliphatic carbocycles. The molecule has 2 aliphatic rings. The zero-order chi connectivity index (χ0) is 7.97. The minimum absolute atomic E-state index is 0. The minimum Gasteiger partial charge on any atom is -0.412 e. The van der Waals surface area contributed by atoms with E-state index in [9.17, 15) is 0 Å². The van der Waals surface area contributed by atoms with Crippen LogP contribution >= 0.6 is 0 Å². The molecule has 1 aromatic carbocycles. The highest BCUT2D eigenvalue weighted by Crippen LogP contribution is 2.16. The summed E-state index contributed by atoms with van der Waals surface area (Å²) in [5.74, 6) is 0. The Morgan fingerprint density at radius 3 is 2.85 bits per heavy atom. The Hall–Kier alpha value is -1.74. The van der Waals surface area contributed by atoms with E-state index in [-0.39, 0.29) is 5.48 Å². The molecule has 0 atom stereocenters. The monoisotopic (exact) mass is 172 g/mol. The van der Waals surface area contributed by atoms with Crippen molar-refractivity contribution >= 4 is 11.8 Å². The van der Waals surface area contributed by atoms with Gasteiger partial charge in [-0.3, -0.25) is 4.99 Å². The van der Waals surface area contributed by atoms with E-state index in [0.29, 0.717) is 0 Å². The highest BCUT2D eigenvalue weighted by atomic mass is 16.0. The molecule has 3 nitrogen and oxygen atoms in total. The van der Waals surface area contributed by atoms with E-state index in [1.165, 1.54) is 5.22 Å². The molecule has 3 heteroatoms. The van der Waals surface area contributed by atoms with Gasteiger partial charge in [-0.2, -0.15) is 0 Å². The SMILES string of the molecule is C1=NC=C2N=c3ccccc3=C12.O. The van der Waals surface area contributed by atoms with Crippen LogP contribution in [-0.4, -0.2) is 11.7 Å². The molecule has 3 rings (SSSR count). The molecule has 0 radical (unpaired) electrons. The van der Waals surface area contributed by atoms with Crippen molar-refractivity contribution in [2.75, 3.05) is 0 Å². The highest BCUT2D eigenvalue weighted by molar-refractivity contribution is 6.12. The minimum atomic E-state index is 0. The normalized spacial score (nSPS) is 15.7. The van der Waals surface area contributed by atoms with Crippen LogP contribution < -0.4 is 10.6 Å². The molecule has 0 unspecified atom stereocenters. The summed E-state index contributed by atoms with van der Waals surface area (Å²) in [7, 11) is 0. The van der Waals surface area contributed by atoms with Gasteiger partial charge in [0.05, 0.1) is 17.3 Å². The molecule has 0 saturated heterocycles. The second-order valence-electron chi connectivity index (χ2n) is 2.84. The summed E-state index contributed by atoms with van der Waals surface area (Å²) in [6.45, 7) is 0. The lowest BCUT2D eigenvalue weighted by Crippen LogP contribution is -2.22. The number of fused-ring (bicyclic) bond motifs is 2. The first-order valence-electron chi connectivity index (χ1n) is 3.87. The van der Waals surface area contributed by atoms with Crippen molar-refractivity contribution in [1.29, 1.82) is 0 Å². The standard InChI is InChI=1S/C10H6N2.H2O/c1-2-4-9-7(3-1)8-5-11-6-10(8)12-9;/h1-6H;1H2. The molecule has 0 fully saturated rings. The van der Waals surface area contributed by atoms with Gasteiger partial charge in [-0.1, -0.05) is 18.2 Å². The van der Waals surface area contributed by atoms with Gasteiger partial charge in [-0.15, -0.1) is 0 Å². The summed E-state index contributed by atoms with van der Waals surface area (Å²) in [4.78, 5) is 8.46. The van der Waals surface area contributed by atoms with Crippen molar-refractivity contribution < 1.29 is 5.48 Å². The molecule has 1 aromatic rings. The Morgan fingerprint density at radius 2 is 1.92 bits per heavy atom. The van der Waals surface area contributed by atoms with Gasteiger partial charge < -0.3 is 5.48 Å². The number of nitrogens with zero attached hydrogens (tertiary/aromatic N) is 2. The van der Waals surface area contributed by atoms with E-state index in [1.54, 1.807) is 6.20 Å². The maximum atomic E-state index is 4.41. The van der Waals surface area contributed by atoms with E-state index < -0.39 is 0 Å². The number of para-hydroxylation sites is 1. The van der Waals surface area contributed by atoms with Gasteiger partial charge in [-0.25, -0.2) is 4.99 Å². The lowest BCUT2D eigenvalue weighted by Gasteiger charge is -1.84. The maximum Gasteiger partial charge on any atom is 0.0914 e. The molecule has 2 heterocycles. The molecular weight excluding hydrogens is 164 g/mol. The maximum absolute atomic E-state index is 4.41. The van der Waals surface area contributed by atoms with Gasteiger partial charge in [0.1, 0.15) is 0 Å². The second-order valence-corrected chi connectivity index (χ2v) is 2.84. The Balaban J connectivity index is 0.000000653. The number of rotatable bonds is 0. The molecule has 13 heavy (non-hydrogen) atoms. The quantitative estimate of drug-likeness (QED) is 0.510. The van der Waals surface area contributed by atoms with E-state index in [2.05, 4.69) is 16.1 Å². The Morgan fingerprint density at radius 1 is 1.08 bits per heavy atom. The Bertz CT molecular complexity index is 526. The van der Waals surface area contributed by atoms with Gasteiger partial charge >= 0.3 is 0 Å². The highest BCUT2D eigenvalue weighted by Gasteiger charge is 2.12. The molecule has 0 bridgehead atoms. The van der Waals surface area contributed by atoms with Gasteiger partial charge in [0.25, 0.3) is 0 Å². The third kappa shape index (κ3) is 0.942. The van der Waals surface area contributed by atoms with Crippen LogP contribution in [0.4, 0.5) is 0 Å². The van der Waals surface area contributed by atoms with Crippen molar-refractivity contribution in [1.82, 2.24) is 0 Å². The second kappa shape index (κ2) is 2.64. The van der Waals surface area contributed by atoms with Crippen molar-refractivity contribution in [2.45, 2.75) is 0 Å². The van der Waals surface area contributed by atoms with Crippen LogP contribution in [0.3, 0.4) is 0 Å². The number of allylic oxidation sites excluding steroid dienone is 1. The van der Waals surface area contributed by atoms with Crippen molar-refractivity contribution in [3.63, 3.8) is 0 Å². The van der Waals surface area contributed by atoms with E-state index in [0.717, 1.165) is 16.6 Å². The first-order chi connectivity index (χ1) is 5.95. The predicted molar refractivity (Wildman–Crippen MR) is 50.8 cm³/mol. The topological polar surface area (TPSA) is 56.2 Å². The lowest BCUT2D eigenvalue weighted by atomic mass is 10.2. The first-order valence-corrected chi connectivity index (χ1v) is 3.87. The summed E-state index contributed by atoms with van der Waals surface area (Å²) < 4.78 is 0. The molecule has 2 N–H and O–H groups in total. The van der Waals surface area contributed by atoms with Crippen molar-refractivity contribution in [3.8, 4) is 0 Å². The summed E-state index contributed by atoms with van der Waals surface area (Å²) >= 11 is 0. The Labute approximate surface area is 74.8 Å². The molecule has 0 saturated carbocycles. The largest absolute Gasteiger partial charge is 0.412 e. The van der Waals surface area contributed by atoms with Gasteiger partial charge in [0.2, 0.25) is 0 Å². The summed E-state index contributed by atoms with van der Waals surface area (Å²) in [6.07, 6.45) is 3.67. The fourth-order valence-corrected chi connectivity index (χ4v) is 1.54. The molecule has 2 aliphatic heterocycles. The smallest absolute Gasteiger partial charge is 0.0914 e. The molecular formula is C10H8N2O. The average Bonchev–Trinajstić information content (AvgIpc) is 2.62. The van der Waals surface area contributed by atoms with Gasteiger partial charge in [0.15, 0.2) is 0 Å². The first kappa shape index (κ1) is 7.89. The van der Waals surface area contributed by atoms with Crippen LogP contribution in [0.15, 0.2) is 46.1 Å². The van der Waals surface area contributed by atoms with Crippen LogP contribution in [-0.2, 0) is 0 Å². The Kier molecular flexibility index (Phi) is 1.60. The van der Waals surface area contributed by atoms with E-state index in [1.807, 2.05) is 24.4 Å². The molecule has 0 spiro atoms. The zero-order valence-corrected chi connectivity index (χ0v) is 6.86. The number of benzene rings is 1. The van der Waals surface area contributed by atoms with Gasteiger partial charge in [0, 0.05) is 17.0 Å². The van der Waals surface area contributed by atoms with Crippen LogP contribution in [0.5, 0.6) is 0 Å². The fraction of sp³-hybridized carbons (Fsp3) is 0. The molecule has 0 aromatic heterocycles. The predicted octanol–water partition coefficient (Wildman–Crippen LogP) is -0.428. The summed E-state index contributed by atoms with van der Waals surface area (Å²) in [6, 6.07) is 8.12. The van der Waals surface area contributed by atoms with Crippen LogP contribution in [0.1, 0.15) is 0 Å². The number of aliphatic imine (C=N–C) groups is 1. The molecule has 64 valence electrons. The van der Waals surface area contributed by atoms with Gasteiger partial charge in [-0.05, 0) is 6.07 Å². The van der Waals surface area contributed by atoms with Crippen LogP contribution in [0.2, 0.25) is 0 Å². The third-order valence-corrected chi connectivity index (χ3v) is 2.11. The number of hydrogen-bond donors (Lipinski definition) is 0. The van der Waals surface area contributed by atoms with E-state index >= 15 is 0 Å². The van der Waals surface area contributed by atoms with Crippen molar-refractivity contribution in [2.24, 2.45) is 9.98 Å². The third-order valence-electron chi connectivity index (χ3n) is 2.11. The van der Waals surface area contributed by atoms with Crippen LogP contribution in [0, 0.1) is 0 Å². The van der Waals surface area contributed by atoms with E-state index in [4.69, 9.17) is 0 Å². The number of hydrogen-bond acceptors (Lipinski definition) is 2. The fourth-order valence-electron chi connectivity index (χ4n) is 1.54. The summed E-state index contributed by atoms with van der Waals surface area (Å²) in [5.41, 5.74) is 2.15. The summed E-state index contributed by atoms with van der Waals surface area (Å²) in [5, 5.41) is 2.26. The van der Waals surface area contributed by atoms with Crippen molar-refractivity contribution in [3.05, 3.63) is 46.7 Å². The lowest BCUT2D eigenvalue weighted by molar-refractivity contribution is 0.824. The zero-order valence-electron chi connectivity index (χ0n) is 6.86. The molecule has 0 amide bonds. The van der Waals surface area contributed by atoms with Crippen LogP contribution in [0.25, 0.3) is 5.57 Å².